The summed E-state index contributed by atoms with van der Waals surface area (Å²) in [5, 5.41) is 38.9. The molecule has 0 bridgehead atoms. The molecule has 7 nitrogen and oxygen atoms in total. The first-order valence-corrected chi connectivity index (χ1v) is 7.45. The molecule has 2 atom stereocenters. The molecule has 2 rings (SSSR count). The molecule has 1 heterocycles. The summed E-state index contributed by atoms with van der Waals surface area (Å²) in [5.74, 6) is -3.69. The maximum atomic E-state index is 13.6. The maximum absolute atomic E-state index is 13.6. The third-order valence-electron chi connectivity index (χ3n) is 3.54. The smallest absolute Gasteiger partial charge is 0.342 e. The van der Waals surface area contributed by atoms with E-state index < -0.39 is 48.6 Å². The van der Waals surface area contributed by atoms with E-state index in [4.69, 9.17) is 4.74 Å². The molecule has 0 radical (unpaired) electrons. The summed E-state index contributed by atoms with van der Waals surface area (Å²) in [6.07, 6.45) is -0.704. The van der Waals surface area contributed by atoms with Crippen molar-refractivity contribution in [3.05, 3.63) is 41.2 Å². The number of ketones is 1. The van der Waals surface area contributed by atoms with Gasteiger partial charge in [-0.15, -0.1) is 0 Å². The summed E-state index contributed by atoms with van der Waals surface area (Å²) in [6.45, 7) is -0.406. The summed E-state index contributed by atoms with van der Waals surface area (Å²) in [7, 11) is 0. The fourth-order valence-corrected chi connectivity index (χ4v) is 2.27. The number of hydrogen-bond donors (Lipinski definition) is 4. The number of carbonyl (C=O) groups is 2. The van der Waals surface area contributed by atoms with Crippen molar-refractivity contribution in [1.29, 1.82) is 0 Å². The topological polar surface area (TPSA) is 124 Å². The van der Waals surface area contributed by atoms with Gasteiger partial charge in [0.1, 0.15) is 29.0 Å². The molecule has 0 amide bonds. The van der Waals surface area contributed by atoms with Crippen LogP contribution in [0.4, 0.5) is 4.39 Å². The van der Waals surface area contributed by atoms with Crippen molar-refractivity contribution in [2.45, 2.75) is 25.0 Å². The van der Waals surface area contributed by atoms with Crippen LogP contribution in [0, 0.1) is 0 Å². The molecule has 0 saturated heterocycles. The third kappa shape index (κ3) is 4.65. The van der Waals surface area contributed by atoms with E-state index in [1.807, 2.05) is 0 Å². The molecule has 4 N–H and O–H groups in total. The van der Waals surface area contributed by atoms with Crippen molar-refractivity contribution in [2.24, 2.45) is 0 Å². The number of cyclic esters (lactones) is 1. The summed E-state index contributed by atoms with van der Waals surface area (Å²) >= 11 is 0. The molecule has 8 heteroatoms. The minimum Gasteiger partial charge on any atom is -0.508 e. The van der Waals surface area contributed by atoms with Gasteiger partial charge in [0, 0.05) is 18.6 Å². The van der Waals surface area contributed by atoms with Crippen molar-refractivity contribution < 1.29 is 39.1 Å². The molecule has 0 aliphatic carbocycles. The van der Waals surface area contributed by atoms with Crippen molar-refractivity contribution in [3.63, 3.8) is 0 Å². The monoisotopic (exact) mass is 352 g/mol. The molecule has 0 unspecified atom stereocenters. The zero-order chi connectivity index (χ0) is 18.6. The Morgan fingerprint density at radius 2 is 1.88 bits per heavy atom. The highest BCUT2D eigenvalue weighted by molar-refractivity contribution is 5.97. The molecule has 1 aliphatic rings. The predicted octanol–water partition coefficient (Wildman–Crippen LogP) is 1.21. The largest absolute Gasteiger partial charge is 0.508 e. The van der Waals surface area contributed by atoms with Crippen molar-refractivity contribution in [1.82, 2.24) is 0 Å². The van der Waals surface area contributed by atoms with E-state index in [9.17, 15) is 34.4 Å². The van der Waals surface area contributed by atoms with Crippen molar-refractivity contribution >= 4 is 17.8 Å². The van der Waals surface area contributed by atoms with E-state index in [1.165, 1.54) is 18.2 Å². The summed E-state index contributed by atoms with van der Waals surface area (Å²) in [6, 6.07) is 2.14. The van der Waals surface area contributed by atoms with Gasteiger partial charge in [-0.05, 0) is 18.1 Å². The fourth-order valence-electron chi connectivity index (χ4n) is 2.27. The van der Waals surface area contributed by atoms with Gasteiger partial charge in [0.2, 0.25) is 0 Å². The second-order valence-corrected chi connectivity index (χ2v) is 5.46. The fraction of sp³-hybridized carbons (Fsp3) is 0.294. The summed E-state index contributed by atoms with van der Waals surface area (Å²) in [5.41, 5.74) is -0.134. The zero-order valence-corrected chi connectivity index (χ0v) is 13.1. The number of phenolic OH excluding ortho intramolecular Hbond substituents is 2. The maximum Gasteiger partial charge on any atom is 0.342 e. The molecule has 0 saturated carbocycles. The van der Waals surface area contributed by atoms with Crippen LogP contribution < -0.4 is 0 Å². The Morgan fingerprint density at radius 1 is 1.16 bits per heavy atom. The number of phenols is 2. The summed E-state index contributed by atoms with van der Waals surface area (Å²) in [4.78, 5) is 23.7. The third-order valence-corrected chi connectivity index (χ3v) is 3.54. The first-order valence-electron chi connectivity index (χ1n) is 7.45. The second-order valence-electron chi connectivity index (χ2n) is 5.46. The van der Waals surface area contributed by atoms with E-state index in [-0.39, 0.29) is 23.3 Å². The minimum absolute atomic E-state index is 0.101. The number of carbonyl (C=O) groups excluding carboxylic acids is 2. The van der Waals surface area contributed by atoms with Gasteiger partial charge >= 0.3 is 5.97 Å². The average Bonchev–Trinajstić information content (AvgIpc) is 2.52. The number of aliphatic hydroxyl groups excluding tert-OH is 2. The number of benzene rings is 1. The van der Waals surface area contributed by atoms with Gasteiger partial charge in [-0.2, -0.15) is 0 Å². The van der Waals surface area contributed by atoms with E-state index in [0.29, 0.717) is 6.08 Å². The molecule has 1 aromatic rings. The molecule has 1 aliphatic heterocycles. The Hall–Kier alpha value is -2.71. The van der Waals surface area contributed by atoms with Crippen LogP contribution in [-0.4, -0.2) is 51.0 Å². The Balaban J connectivity index is 2.41. The van der Waals surface area contributed by atoms with Gasteiger partial charge in [-0.25, -0.2) is 9.18 Å². The molecule has 0 aromatic heterocycles. The van der Waals surface area contributed by atoms with Gasteiger partial charge in [0.25, 0.3) is 0 Å². The number of rotatable bonds is 0. The van der Waals surface area contributed by atoms with Gasteiger partial charge in [-0.1, -0.05) is 12.2 Å². The quantitative estimate of drug-likeness (QED) is 0.517. The summed E-state index contributed by atoms with van der Waals surface area (Å²) < 4.78 is 18.5. The van der Waals surface area contributed by atoms with Crippen LogP contribution in [0.3, 0.4) is 0 Å². The van der Waals surface area contributed by atoms with Crippen LogP contribution in [0.2, 0.25) is 0 Å². The SMILES string of the molecule is O=C1OCC/C(F)=C\C(=O)[C@@H](O)[C@@H](O)C/C=C/c2cc(O)cc(O)c21. The minimum atomic E-state index is -1.81. The molecule has 1 aromatic carbocycles. The van der Waals surface area contributed by atoms with Crippen LogP contribution >= 0.6 is 0 Å². The van der Waals surface area contributed by atoms with Gasteiger partial charge in [-0.3, -0.25) is 4.79 Å². The van der Waals surface area contributed by atoms with E-state index in [0.717, 1.165) is 6.07 Å². The van der Waals surface area contributed by atoms with E-state index in [1.54, 1.807) is 0 Å². The Kier molecular flexibility index (Phi) is 5.89. The Bertz CT molecular complexity index is 739. The van der Waals surface area contributed by atoms with E-state index in [2.05, 4.69) is 0 Å². The molecule has 0 spiro atoms. The lowest BCUT2D eigenvalue weighted by Crippen LogP contribution is -2.32. The highest BCUT2D eigenvalue weighted by Crippen LogP contribution is 2.29. The molecule has 0 fully saturated rings. The normalized spacial score (nSPS) is 26.0. The lowest BCUT2D eigenvalue weighted by atomic mass is 10.0. The van der Waals surface area contributed by atoms with E-state index >= 15 is 0 Å². The van der Waals surface area contributed by atoms with Gasteiger partial charge < -0.3 is 25.2 Å². The molecule has 25 heavy (non-hydrogen) atoms. The highest BCUT2D eigenvalue weighted by atomic mass is 19.1. The molecule has 134 valence electrons. The van der Waals surface area contributed by atoms with Crippen molar-refractivity contribution in [2.75, 3.05) is 6.61 Å². The molecular formula is C17H17FO7. The number of hydrogen-bond acceptors (Lipinski definition) is 7. The highest BCUT2D eigenvalue weighted by Gasteiger charge is 2.23. The number of fused-ring (bicyclic) bond motifs is 1. The molecular weight excluding hydrogens is 335 g/mol. The standard InChI is InChI=1S/C17H17FO7/c18-10-4-5-25-17(24)15-9(6-11(19)8-13(15)21)2-1-3-12(20)16(23)14(22)7-10/h1-2,6-8,12,16,19-21,23H,3-5H2/b2-1+,10-7+/t12-,16-/m0/s1. The second kappa shape index (κ2) is 7.91. The lowest BCUT2D eigenvalue weighted by Gasteiger charge is -2.14. The van der Waals surface area contributed by atoms with Crippen LogP contribution in [0.15, 0.2) is 30.1 Å². The number of esters is 1. The lowest BCUT2D eigenvalue weighted by molar-refractivity contribution is -0.127. The first kappa shape index (κ1) is 18.6. The Labute approximate surface area is 142 Å². The van der Waals surface area contributed by atoms with Crippen LogP contribution in [0.25, 0.3) is 6.08 Å². The van der Waals surface area contributed by atoms with Crippen LogP contribution in [0.1, 0.15) is 28.8 Å². The predicted molar refractivity (Wildman–Crippen MR) is 84.5 cm³/mol. The van der Waals surface area contributed by atoms with Crippen molar-refractivity contribution in [3.8, 4) is 11.5 Å². The average molecular weight is 352 g/mol. The van der Waals surface area contributed by atoms with Crippen LogP contribution in [0.5, 0.6) is 11.5 Å². The number of halogens is 1. The Morgan fingerprint density at radius 3 is 2.60 bits per heavy atom. The number of aliphatic hydroxyl groups is 2. The van der Waals surface area contributed by atoms with Gasteiger partial charge in [0.05, 0.1) is 12.7 Å². The number of aromatic hydroxyl groups is 2. The zero-order valence-electron chi connectivity index (χ0n) is 13.1. The number of ether oxygens (including phenoxy) is 1. The van der Waals surface area contributed by atoms with Gasteiger partial charge in [0.15, 0.2) is 5.78 Å². The first-order chi connectivity index (χ1) is 11.8. The van der Waals surface area contributed by atoms with Crippen LogP contribution in [-0.2, 0) is 9.53 Å².